The lowest BCUT2D eigenvalue weighted by atomic mass is 10.3. The molecule has 1 N–H and O–H groups in total. The minimum Gasteiger partial charge on any atom is -0.478 e. The molecule has 0 spiro atoms. The first-order chi connectivity index (χ1) is 8.78. The van der Waals surface area contributed by atoms with Crippen LogP contribution in [-0.2, 0) is 6.54 Å². The fourth-order valence-corrected chi connectivity index (χ4v) is 1.51. The summed E-state index contributed by atoms with van der Waals surface area (Å²) in [6.45, 7) is 5.29. The number of nitrogens with zero attached hydrogens (tertiary/aromatic N) is 2. The van der Waals surface area contributed by atoms with E-state index in [9.17, 15) is 0 Å². The van der Waals surface area contributed by atoms with Crippen molar-refractivity contribution in [3.05, 3.63) is 47.9 Å². The van der Waals surface area contributed by atoms with Gasteiger partial charge in [-0.1, -0.05) is 6.07 Å². The molecule has 18 heavy (non-hydrogen) atoms. The molecule has 2 aromatic heterocycles. The number of aromatic nitrogens is 2. The number of ether oxygens (including phenoxy) is 1. The summed E-state index contributed by atoms with van der Waals surface area (Å²) >= 11 is 0. The number of hydrogen-bond acceptors (Lipinski definition) is 4. The molecule has 0 amide bonds. The van der Waals surface area contributed by atoms with Gasteiger partial charge in [0.2, 0.25) is 5.88 Å². The Labute approximate surface area is 107 Å². The van der Waals surface area contributed by atoms with E-state index >= 15 is 0 Å². The van der Waals surface area contributed by atoms with Crippen LogP contribution in [0.1, 0.15) is 18.2 Å². The SMILES string of the molecule is CCOc1ccc(NCc2ccc(C)cn2)cn1. The van der Waals surface area contributed by atoms with Gasteiger partial charge in [-0.15, -0.1) is 0 Å². The fraction of sp³-hybridized carbons (Fsp3) is 0.286. The zero-order chi connectivity index (χ0) is 12.8. The quantitative estimate of drug-likeness (QED) is 0.877. The molecule has 2 aromatic rings. The van der Waals surface area contributed by atoms with Crippen LogP contribution in [0.3, 0.4) is 0 Å². The molecule has 94 valence electrons. The van der Waals surface area contributed by atoms with Crippen molar-refractivity contribution >= 4 is 5.69 Å². The second-order valence-electron chi connectivity index (χ2n) is 4.00. The lowest BCUT2D eigenvalue weighted by molar-refractivity contribution is 0.327. The Morgan fingerprint density at radius 3 is 2.61 bits per heavy atom. The Bertz CT molecular complexity index is 479. The number of hydrogen-bond donors (Lipinski definition) is 1. The van der Waals surface area contributed by atoms with Crippen molar-refractivity contribution in [2.45, 2.75) is 20.4 Å². The highest BCUT2D eigenvalue weighted by Gasteiger charge is 1.97. The summed E-state index contributed by atoms with van der Waals surface area (Å²) in [5.74, 6) is 0.650. The molecule has 0 unspecified atom stereocenters. The molecule has 2 heterocycles. The van der Waals surface area contributed by atoms with Gasteiger partial charge in [0.05, 0.1) is 30.7 Å². The van der Waals surface area contributed by atoms with Gasteiger partial charge in [-0.2, -0.15) is 0 Å². The molecule has 4 heteroatoms. The van der Waals surface area contributed by atoms with Crippen LogP contribution in [0.4, 0.5) is 5.69 Å². The Morgan fingerprint density at radius 1 is 1.11 bits per heavy atom. The molecule has 0 fully saturated rings. The predicted octanol–water partition coefficient (Wildman–Crippen LogP) is 2.80. The van der Waals surface area contributed by atoms with Crippen LogP contribution in [0.25, 0.3) is 0 Å². The molecular weight excluding hydrogens is 226 g/mol. The second kappa shape index (κ2) is 6.00. The fourth-order valence-electron chi connectivity index (χ4n) is 1.51. The van der Waals surface area contributed by atoms with Gasteiger partial charge in [-0.3, -0.25) is 4.98 Å². The van der Waals surface area contributed by atoms with Crippen LogP contribution < -0.4 is 10.1 Å². The zero-order valence-corrected chi connectivity index (χ0v) is 10.7. The lowest BCUT2D eigenvalue weighted by Gasteiger charge is -2.07. The molecule has 0 bridgehead atoms. The van der Waals surface area contributed by atoms with Crippen LogP contribution in [0.15, 0.2) is 36.7 Å². The lowest BCUT2D eigenvalue weighted by Crippen LogP contribution is -2.02. The highest BCUT2D eigenvalue weighted by Crippen LogP contribution is 2.12. The third kappa shape index (κ3) is 3.45. The van der Waals surface area contributed by atoms with Crippen molar-refractivity contribution in [1.29, 1.82) is 0 Å². The van der Waals surface area contributed by atoms with Crippen molar-refractivity contribution in [2.24, 2.45) is 0 Å². The molecular formula is C14H17N3O. The first-order valence-electron chi connectivity index (χ1n) is 6.02. The summed E-state index contributed by atoms with van der Waals surface area (Å²) in [4.78, 5) is 8.52. The zero-order valence-electron chi connectivity index (χ0n) is 10.7. The highest BCUT2D eigenvalue weighted by atomic mass is 16.5. The molecule has 0 aliphatic carbocycles. The number of anilines is 1. The van der Waals surface area contributed by atoms with Crippen molar-refractivity contribution in [3.8, 4) is 5.88 Å². The predicted molar refractivity (Wildman–Crippen MR) is 71.7 cm³/mol. The van der Waals surface area contributed by atoms with Crippen molar-refractivity contribution < 1.29 is 4.74 Å². The molecule has 0 aromatic carbocycles. The summed E-state index contributed by atoms with van der Waals surface area (Å²) in [5.41, 5.74) is 3.14. The largest absolute Gasteiger partial charge is 0.478 e. The van der Waals surface area contributed by atoms with Crippen molar-refractivity contribution in [3.63, 3.8) is 0 Å². The van der Waals surface area contributed by atoms with E-state index < -0.39 is 0 Å². The van der Waals surface area contributed by atoms with E-state index in [1.54, 1.807) is 6.20 Å². The van der Waals surface area contributed by atoms with Crippen LogP contribution in [0.2, 0.25) is 0 Å². The summed E-state index contributed by atoms with van der Waals surface area (Å²) < 4.78 is 5.29. The van der Waals surface area contributed by atoms with Gasteiger partial charge in [0.25, 0.3) is 0 Å². The van der Waals surface area contributed by atoms with E-state index in [0.717, 1.165) is 11.4 Å². The van der Waals surface area contributed by atoms with E-state index in [-0.39, 0.29) is 0 Å². The first kappa shape index (κ1) is 12.4. The van der Waals surface area contributed by atoms with E-state index in [1.165, 1.54) is 5.56 Å². The Hall–Kier alpha value is -2.10. The average molecular weight is 243 g/mol. The second-order valence-corrected chi connectivity index (χ2v) is 4.00. The summed E-state index contributed by atoms with van der Waals surface area (Å²) in [6.07, 6.45) is 3.63. The summed E-state index contributed by atoms with van der Waals surface area (Å²) in [5, 5.41) is 3.27. The van der Waals surface area contributed by atoms with E-state index in [2.05, 4.69) is 21.4 Å². The maximum atomic E-state index is 5.29. The Morgan fingerprint density at radius 2 is 2.00 bits per heavy atom. The van der Waals surface area contributed by atoms with Gasteiger partial charge in [0.15, 0.2) is 0 Å². The molecule has 0 saturated carbocycles. The van der Waals surface area contributed by atoms with Crippen LogP contribution >= 0.6 is 0 Å². The van der Waals surface area contributed by atoms with E-state index in [4.69, 9.17) is 4.74 Å². The van der Waals surface area contributed by atoms with E-state index in [0.29, 0.717) is 19.0 Å². The maximum absolute atomic E-state index is 5.29. The third-order valence-corrected chi connectivity index (χ3v) is 2.47. The minimum absolute atomic E-state index is 0.632. The van der Waals surface area contributed by atoms with Gasteiger partial charge in [0, 0.05) is 12.3 Å². The van der Waals surface area contributed by atoms with Crippen molar-refractivity contribution in [2.75, 3.05) is 11.9 Å². The molecule has 0 aliphatic heterocycles. The van der Waals surface area contributed by atoms with Gasteiger partial charge in [0.1, 0.15) is 0 Å². The summed E-state index contributed by atoms with van der Waals surface area (Å²) in [6, 6.07) is 7.88. The monoisotopic (exact) mass is 243 g/mol. The smallest absolute Gasteiger partial charge is 0.213 e. The van der Waals surface area contributed by atoms with E-state index in [1.807, 2.05) is 38.2 Å². The molecule has 2 rings (SSSR count). The Balaban J connectivity index is 1.91. The number of nitrogens with one attached hydrogen (secondary N) is 1. The number of rotatable bonds is 5. The molecule has 0 aliphatic rings. The van der Waals surface area contributed by atoms with Gasteiger partial charge >= 0.3 is 0 Å². The molecule has 0 atom stereocenters. The first-order valence-corrected chi connectivity index (χ1v) is 6.02. The number of aryl methyl sites for hydroxylation is 1. The molecule has 0 saturated heterocycles. The highest BCUT2D eigenvalue weighted by molar-refractivity contribution is 5.42. The van der Waals surface area contributed by atoms with Crippen LogP contribution in [-0.4, -0.2) is 16.6 Å². The van der Waals surface area contributed by atoms with Crippen LogP contribution in [0.5, 0.6) is 5.88 Å². The van der Waals surface area contributed by atoms with Gasteiger partial charge < -0.3 is 10.1 Å². The average Bonchev–Trinajstić information content (AvgIpc) is 2.40. The topological polar surface area (TPSA) is 47.0 Å². The van der Waals surface area contributed by atoms with Gasteiger partial charge in [-0.25, -0.2) is 4.98 Å². The normalized spacial score (nSPS) is 10.1. The Kier molecular flexibility index (Phi) is 4.12. The van der Waals surface area contributed by atoms with Crippen molar-refractivity contribution in [1.82, 2.24) is 9.97 Å². The minimum atomic E-state index is 0.632. The maximum Gasteiger partial charge on any atom is 0.213 e. The standard InChI is InChI=1S/C14H17N3O/c1-3-18-14-7-6-13(10-17-14)16-9-12-5-4-11(2)8-15-12/h4-8,10,16H,3,9H2,1-2H3. The summed E-state index contributed by atoms with van der Waals surface area (Å²) in [7, 11) is 0. The number of pyridine rings is 2. The van der Waals surface area contributed by atoms with Crippen LogP contribution in [0, 0.1) is 6.92 Å². The molecule has 4 nitrogen and oxygen atoms in total. The molecule has 0 radical (unpaired) electrons. The van der Waals surface area contributed by atoms with Gasteiger partial charge in [-0.05, 0) is 31.5 Å². The third-order valence-electron chi connectivity index (χ3n) is 2.47.